The van der Waals surface area contributed by atoms with E-state index in [0.717, 1.165) is 33.5 Å². The molecule has 2 aliphatic carbocycles. The van der Waals surface area contributed by atoms with Crippen molar-refractivity contribution in [1.82, 2.24) is 14.9 Å². The summed E-state index contributed by atoms with van der Waals surface area (Å²) in [5.74, 6) is 2.14. The van der Waals surface area contributed by atoms with Gasteiger partial charge >= 0.3 is 0 Å². The van der Waals surface area contributed by atoms with E-state index in [4.69, 9.17) is 10.3 Å². The fourth-order valence-electron chi connectivity index (χ4n) is 9.77. The van der Waals surface area contributed by atoms with Crippen LogP contribution in [0.3, 0.4) is 0 Å². The maximum Gasteiger partial charge on any atom is 0.135 e. The number of fused-ring (bicyclic) bond motifs is 3. The third-order valence-electron chi connectivity index (χ3n) is 12.4. The van der Waals surface area contributed by atoms with E-state index >= 15 is 0 Å². The Hall–Kier alpha value is -4.92. The number of rotatable bonds is 8. The third kappa shape index (κ3) is 7.02. The van der Waals surface area contributed by atoms with Crippen LogP contribution in [0.15, 0.2) is 128 Å². The van der Waals surface area contributed by atoms with Gasteiger partial charge in [0, 0.05) is 44.0 Å². The molecule has 1 N–H and O–H groups in total. The van der Waals surface area contributed by atoms with Crippen LogP contribution in [0.2, 0.25) is 0 Å². The zero-order valence-electron chi connectivity index (χ0n) is 31.8. The smallest absolute Gasteiger partial charge is 0.135 e. The topological polar surface area (TPSA) is 44.0 Å². The monoisotopic (exact) mass is 910 g/mol. The molecule has 0 spiro atoms. The Kier molecular flexibility index (Phi) is 10.7. The molecule has 2 aromatic heterocycles. The van der Waals surface area contributed by atoms with Crippen LogP contribution in [0, 0.1) is 12.1 Å². The average Bonchev–Trinajstić information content (AvgIpc) is 3.88. The van der Waals surface area contributed by atoms with Crippen molar-refractivity contribution in [2.24, 2.45) is 0 Å². The molecule has 56 heavy (non-hydrogen) atoms. The summed E-state index contributed by atoms with van der Waals surface area (Å²) < 4.78 is 2.24. The van der Waals surface area contributed by atoms with Gasteiger partial charge in [0.2, 0.25) is 0 Å². The van der Waals surface area contributed by atoms with E-state index < -0.39 is 0 Å². The molecule has 7 aromatic rings. The maximum atomic E-state index is 5.26. The molecule has 0 saturated heterocycles. The molecule has 1 unspecified atom stereocenters. The van der Waals surface area contributed by atoms with Gasteiger partial charge in [0.15, 0.2) is 0 Å². The van der Waals surface area contributed by atoms with E-state index in [1.165, 1.54) is 108 Å². The minimum atomic E-state index is -0.220. The minimum Gasteiger partial charge on any atom is -0.668 e. The molecule has 2 fully saturated rings. The summed E-state index contributed by atoms with van der Waals surface area (Å²) in [6.45, 7) is 0. The number of para-hydroxylation sites is 1. The van der Waals surface area contributed by atoms with Crippen LogP contribution < -0.4 is 5.32 Å². The molecule has 3 aliphatic rings. The zero-order valence-corrected chi connectivity index (χ0v) is 34.1. The summed E-state index contributed by atoms with van der Waals surface area (Å²) in [4.78, 5) is 4.74. The minimum absolute atomic E-state index is 0. The van der Waals surface area contributed by atoms with E-state index in [9.17, 15) is 0 Å². The molecule has 5 heteroatoms. The normalized spacial score (nSPS) is 17.6. The van der Waals surface area contributed by atoms with E-state index in [1.54, 1.807) is 0 Å². The van der Waals surface area contributed by atoms with Crippen LogP contribution in [0.25, 0.3) is 49.8 Å². The summed E-state index contributed by atoms with van der Waals surface area (Å²) in [5, 5.41) is 11.6. The summed E-state index contributed by atoms with van der Waals surface area (Å²) in [6.07, 6.45) is 17.7. The van der Waals surface area contributed by atoms with Gasteiger partial charge in [0.25, 0.3) is 0 Å². The molecule has 284 valence electrons. The second-order valence-electron chi connectivity index (χ2n) is 15.9. The van der Waals surface area contributed by atoms with Crippen molar-refractivity contribution in [2.75, 3.05) is 0 Å². The molecule has 10 rings (SSSR count). The van der Waals surface area contributed by atoms with Crippen molar-refractivity contribution in [3.8, 4) is 16.9 Å². The predicted octanol–water partition coefficient (Wildman–Crippen LogP) is 13.1. The number of benzene rings is 5. The Morgan fingerprint density at radius 3 is 2.05 bits per heavy atom. The number of hydrogen-bond acceptors (Lipinski definition) is 2. The summed E-state index contributed by atoms with van der Waals surface area (Å²) in [6, 6.07) is 49.3. The quantitative estimate of drug-likeness (QED) is 0.154. The van der Waals surface area contributed by atoms with Crippen molar-refractivity contribution in [3.05, 3.63) is 178 Å². The van der Waals surface area contributed by atoms with Crippen LogP contribution in [-0.2, 0) is 27.5 Å². The molecule has 0 bridgehead atoms. The van der Waals surface area contributed by atoms with Gasteiger partial charge in [-0.3, -0.25) is 0 Å². The van der Waals surface area contributed by atoms with Gasteiger partial charge in [-0.15, -0.1) is 16.5 Å². The van der Waals surface area contributed by atoms with Crippen molar-refractivity contribution < 1.29 is 21.1 Å². The van der Waals surface area contributed by atoms with Crippen LogP contribution in [-0.4, -0.2) is 9.55 Å². The van der Waals surface area contributed by atoms with Gasteiger partial charge in [-0.05, 0) is 84.8 Å². The molecule has 3 heterocycles. The number of hydrogen-bond donors (Lipinski definition) is 1. The third-order valence-corrected chi connectivity index (χ3v) is 12.4. The Morgan fingerprint density at radius 1 is 0.643 bits per heavy atom. The Morgan fingerprint density at radius 2 is 1.32 bits per heavy atom. The molecular weight excluding hydrogens is 864 g/mol. The molecule has 1 aliphatic heterocycles. The van der Waals surface area contributed by atoms with E-state index in [1.807, 2.05) is 18.3 Å². The van der Waals surface area contributed by atoms with E-state index in [-0.39, 0.29) is 27.2 Å². The Labute approximate surface area is 345 Å². The summed E-state index contributed by atoms with van der Waals surface area (Å²) in [7, 11) is 0. The SMILES string of the molecule is [Pt].[c-]1c(Cc2[c-]c3c(cc2)c2ccccc2n3-c2ccccn2)ccc(-c2ccccc2)c1C1[N-]C=C(c2c(C3CCCCC3)cccc2C2CCCCC2)N1. The first kappa shape index (κ1) is 36.7. The number of nitrogens with one attached hydrogen (secondary N) is 1. The first-order chi connectivity index (χ1) is 27.3. The van der Waals surface area contributed by atoms with Gasteiger partial charge in [-0.2, -0.15) is 53.7 Å². The first-order valence-corrected chi connectivity index (χ1v) is 20.5. The molecule has 2 saturated carbocycles. The number of aromatic nitrogens is 2. The Balaban J connectivity index is 0.00000410. The van der Waals surface area contributed by atoms with Gasteiger partial charge in [0.1, 0.15) is 5.82 Å². The van der Waals surface area contributed by atoms with Crippen LogP contribution in [0.1, 0.15) is 116 Å². The molecular formula is C51H47N4Pt-3. The zero-order chi connectivity index (χ0) is 36.6. The standard InChI is InChI=1S/C51H47N4.Pt/c1-4-15-37(16-5-1)40-28-26-35(31-36-27-29-44-43-21-10-11-24-47(43)55(48(44)33-36)49-25-12-13-30-52-49)32-45(40)51-53-34-46(54-51)50-41(38-17-6-2-7-18-38)22-14-23-42(50)39-19-8-3-9-20-39;/h1,4-5,10-16,21-30,34,38-39,51,54H,2-3,6-9,17-20,31H2;/q-3;. The maximum absolute atomic E-state index is 5.26. The fraction of sp³-hybridized carbons (Fsp3) is 0.275. The van der Waals surface area contributed by atoms with Crippen molar-refractivity contribution >= 4 is 27.5 Å². The predicted molar refractivity (Wildman–Crippen MR) is 226 cm³/mol. The second kappa shape index (κ2) is 16.3. The van der Waals surface area contributed by atoms with Crippen LogP contribution in [0.4, 0.5) is 0 Å². The Bertz CT molecular complexity index is 2450. The van der Waals surface area contributed by atoms with Crippen molar-refractivity contribution in [1.29, 1.82) is 0 Å². The van der Waals surface area contributed by atoms with Gasteiger partial charge < -0.3 is 15.2 Å². The molecule has 5 aromatic carbocycles. The van der Waals surface area contributed by atoms with Gasteiger partial charge in [0.05, 0.1) is 0 Å². The molecule has 0 amide bonds. The fourth-order valence-corrected chi connectivity index (χ4v) is 9.77. The van der Waals surface area contributed by atoms with Gasteiger partial charge in [-0.25, -0.2) is 4.98 Å². The molecule has 1 atom stereocenters. The number of pyridine rings is 1. The first-order valence-electron chi connectivity index (χ1n) is 20.5. The van der Waals surface area contributed by atoms with Crippen LogP contribution in [0.5, 0.6) is 0 Å². The second-order valence-corrected chi connectivity index (χ2v) is 15.9. The molecule has 0 radical (unpaired) electrons. The summed E-state index contributed by atoms with van der Waals surface area (Å²) >= 11 is 0. The van der Waals surface area contributed by atoms with Crippen LogP contribution >= 0.6 is 0 Å². The van der Waals surface area contributed by atoms with Gasteiger partial charge in [-0.1, -0.05) is 122 Å². The average molecular weight is 911 g/mol. The number of nitrogens with zero attached hydrogens (tertiary/aromatic N) is 3. The largest absolute Gasteiger partial charge is 0.668 e. The van der Waals surface area contributed by atoms with E-state index in [2.05, 4.69) is 131 Å². The van der Waals surface area contributed by atoms with E-state index in [0.29, 0.717) is 18.3 Å². The van der Waals surface area contributed by atoms with Crippen molar-refractivity contribution in [3.63, 3.8) is 0 Å². The van der Waals surface area contributed by atoms with Crippen molar-refractivity contribution in [2.45, 2.75) is 88.6 Å². The molecule has 4 nitrogen and oxygen atoms in total. The summed E-state index contributed by atoms with van der Waals surface area (Å²) in [5.41, 5.74) is 13.6.